The van der Waals surface area contributed by atoms with E-state index in [9.17, 15) is 23.9 Å². The summed E-state index contributed by atoms with van der Waals surface area (Å²) in [5.74, 6) is -2.39. The molecule has 3 aromatic rings. The van der Waals surface area contributed by atoms with Crippen LogP contribution in [0.25, 0.3) is 10.9 Å². The van der Waals surface area contributed by atoms with E-state index in [2.05, 4.69) is 4.98 Å². The summed E-state index contributed by atoms with van der Waals surface area (Å²) in [6.07, 6.45) is 1.92. The minimum Gasteiger partial charge on any atom is -0.505 e. The van der Waals surface area contributed by atoms with Crippen molar-refractivity contribution in [3.63, 3.8) is 0 Å². The lowest BCUT2D eigenvalue weighted by Crippen LogP contribution is -2.37. The molecule has 33 heavy (non-hydrogen) atoms. The van der Waals surface area contributed by atoms with E-state index in [-0.39, 0.29) is 34.9 Å². The minimum atomic E-state index is -0.826. The standard InChI is InChI=1S/C24H24FN3O5/c1-27(2)20(29)13-28(3)23(31)18-11-19(24(32)33-4)22(30)21-17(18)10-15(12-26-21)9-14-5-7-16(25)8-6-14/h5-8,10-12,30H,9,13H2,1-4H3. The molecule has 3 rings (SSSR count). The maximum atomic E-state index is 13.3. The summed E-state index contributed by atoms with van der Waals surface area (Å²) in [6, 6.07) is 8.91. The highest BCUT2D eigenvalue weighted by Gasteiger charge is 2.25. The second kappa shape index (κ2) is 9.64. The molecule has 9 heteroatoms. The fourth-order valence-corrected chi connectivity index (χ4v) is 3.32. The predicted octanol–water partition coefficient (Wildman–Crippen LogP) is 2.62. The average molecular weight is 453 g/mol. The number of esters is 1. The predicted molar refractivity (Wildman–Crippen MR) is 120 cm³/mol. The van der Waals surface area contributed by atoms with Crippen molar-refractivity contribution in [1.29, 1.82) is 0 Å². The first-order chi connectivity index (χ1) is 15.6. The van der Waals surface area contributed by atoms with Gasteiger partial charge in [0.1, 0.15) is 16.9 Å². The molecule has 0 aliphatic carbocycles. The largest absolute Gasteiger partial charge is 0.505 e. The number of amides is 2. The lowest BCUT2D eigenvalue weighted by molar-refractivity contribution is -0.129. The van der Waals surface area contributed by atoms with Gasteiger partial charge in [-0.25, -0.2) is 9.18 Å². The van der Waals surface area contributed by atoms with Gasteiger partial charge < -0.3 is 19.6 Å². The lowest BCUT2D eigenvalue weighted by Gasteiger charge is -2.21. The Balaban J connectivity index is 2.11. The van der Waals surface area contributed by atoms with Gasteiger partial charge in [-0.15, -0.1) is 0 Å². The number of aromatic hydroxyl groups is 1. The molecule has 0 aliphatic heterocycles. The summed E-state index contributed by atoms with van der Waals surface area (Å²) in [4.78, 5) is 44.4. The number of likely N-dealkylation sites (N-methyl/N-ethyl adjacent to an activating group) is 2. The van der Waals surface area contributed by atoms with E-state index >= 15 is 0 Å². The zero-order valence-corrected chi connectivity index (χ0v) is 18.8. The maximum absolute atomic E-state index is 13.3. The number of methoxy groups -OCH3 is 1. The van der Waals surface area contributed by atoms with E-state index in [1.54, 1.807) is 32.3 Å². The molecule has 0 spiro atoms. The third-order valence-corrected chi connectivity index (χ3v) is 5.18. The van der Waals surface area contributed by atoms with Crippen LogP contribution >= 0.6 is 0 Å². The van der Waals surface area contributed by atoms with Crippen LogP contribution in [0.5, 0.6) is 5.75 Å². The fraction of sp³-hybridized carbons (Fsp3) is 0.250. The minimum absolute atomic E-state index is 0.0523. The monoisotopic (exact) mass is 453 g/mol. The highest BCUT2D eigenvalue weighted by atomic mass is 19.1. The molecule has 0 unspecified atom stereocenters. The van der Waals surface area contributed by atoms with Gasteiger partial charge in [-0.3, -0.25) is 14.6 Å². The highest BCUT2D eigenvalue weighted by Crippen LogP contribution is 2.32. The van der Waals surface area contributed by atoms with Crippen molar-refractivity contribution in [1.82, 2.24) is 14.8 Å². The van der Waals surface area contributed by atoms with Gasteiger partial charge in [0, 0.05) is 32.7 Å². The molecule has 0 atom stereocenters. The van der Waals surface area contributed by atoms with E-state index in [1.165, 1.54) is 41.2 Å². The Morgan fingerprint density at radius 2 is 1.70 bits per heavy atom. The Bertz CT molecular complexity index is 1220. The summed E-state index contributed by atoms with van der Waals surface area (Å²) >= 11 is 0. The number of fused-ring (bicyclic) bond motifs is 1. The second-order valence-electron chi connectivity index (χ2n) is 7.80. The van der Waals surface area contributed by atoms with Crippen molar-refractivity contribution in [2.45, 2.75) is 6.42 Å². The number of carbonyl (C=O) groups excluding carboxylic acids is 3. The molecule has 0 radical (unpaired) electrons. The Morgan fingerprint density at radius 3 is 2.30 bits per heavy atom. The van der Waals surface area contributed by atoms with Gasteiger partial charge in [0.25, 0.3) is 5.91 Å². The molecule has 1 heterocycles. The molecule has 0 fully saturated rings. The quantitative estimate of drug-likeness (QED) is 0.576. The van der Waals surface area contributed by atoms with Crippen molar-refractivity contribution in [2.24, 2.45) is 0 Å². The summed E-state index contributed by atoms with van der Waals surface area (Å²) in [7, 11) is 5.79. The van der Waals surface area contributed by atoms with Gasteiger partial charge in [-0.1, -0.05) is 12.1 Å². The van der Waals surface area contributed by atoms with Crippen LogP contribution < -0.4 is 0 Å². The number of nitrogens with zero attached hydrogens (tertiary/aromatic N) is 3. The number of pyridine rings is 1. The Kier molecular flexibility index (Phi) is 6.91. The molecule has 8 nitrogen and oxygen atoms in total. The number of halogens is 1. The van der Waals surface area contributed by atoms with Crippen molar-refractivity contribution >= 4 is 28.7 Å². The maximum Gasteiger partial charge on any atom is 0.341 e. The average Bonchev–Trinajstić information content (AvgIpc) is 2.79. The second-order valence-corrected chi connectivity index (χ2v) is 7.80. The van der Waals surface area contributed by atoms with E-state index in [0.717, 1.165) is 12.7 Å². The third kappa shape index (κ3) is 5.08. The molecule has 0 bridgehead atoms. The molecule has 2 amide bonds. The number of hydrogen-bond acceptors (Lipinski definition) is 6. The molecule has 172 valence electrons. The Labute approximate surface area is 190 Å². The first-order valence-corrected chi connectivity index (χ1v) is 10.0. The van der Waals surface area contributed by atoms with E-state index in [1.807, 2.05) is 0 Å². The number of benzene rings is 2. The van der Waals surface area contributed by atoms with Crippen LogP contribution in [-0.2, 0) is 16.0 Å². The van der Waals surface area contributed by atoms with Gasteiger partial charge >= 0.3 is 5.97 Å². The van der Waals surface area contributed by atoms with Crippen LogP contribution in [0.4, 0.5) is 4.39 Å². The van der Waals surface area contributed by atoms with Crippen LogP contribution in [0.15, 0.2) is 42.6 Å². The number of phenolic OH excluding ortho intramolecular Hbond substituents is 1. The van der Waals surface area contributed by atoms with Gasteiger partial charge in [0.2, 0.25) is 5.91 Å². The van der Waals surface area contributed by atoms with Crippen molar-refractivity contribution in [3.8, 4) is 5.75 Å². The Morgan fingerprint density at radius 1 is 1.03 bits per heavy atom. The first kappa shape index (κ1) is 23.6. The molecule has 0 saturated heterocycles. The van der Waals surface area contributed by atoms with Crippen molar-refractivity contribution in [3.05, 3.63) is 70.7 Å². The van der Waals surface area contributed by atoms with Crippen LogP contribution in [-0.4, -0.2) is 72.5 Å². The van der Waals surface area contributed by atoms with Crippen LogP contribution in [0.3, 0.4) is 0 Å². The summed E-state index contributed by atoms with van der Waals surface area (Å²) < 4.78 is 17.9. The summed E-state index contributed by atoms with van der Waals surface area (Å²) in [5.41, 5.74) is 1.47. The number of phenols is 1. The SMILES string of the molecule is COC(=O)c1cc(C(=O)N(C)CC(=O)N(C)C)c2cc(Cc3ccc(F)cc3)cnc2c1O. The fourth-order valence-electron chi connectivity index (χ4n) is 3.32. The summed E-state index contributed by atoms with van der Waals surface area (Å²) in [6.45, 7) is -0.176. The topological polar surface area (TPSA) is 100 Å². The van der Waals surface area contributed by atoms with Gasteiger partial charge in [-0.05, 0) is 41.8 Å². The van der Waals surface area contributed by atoms with E-state index in [0.29, 0.717) is 17.4 Å². The van der Waals surface area contributed by atoms with E-state index < -0.39 is 17.6 Å². The van der Waals surface area contributed by atoms with Gasteiger partial charge in [0.05, 0.1) is 19.2 Å². The zero-order chi connectivity index (χ0) is 24.3. The van der Waals surface area contributed by atoms with Crippen molar-refractivity contribution in [2.75, 3.05) is 34.8 Å². The molecule has 0 saturated carbocycles. The van der Waals surface area contributed by atoms with Crippen LogP contribution in [0, 0.1) is 5.82 Å². The molecule has 2 aromatic carbocycles. The van der Waals surface area contributed by atoms with E-state index in [4.69, 9.17) is 4.74 Å². The number of aromatic nitrogens is 1. The van der Waals surface area contributed by atoms with Gasteiger partial charge in [-0.2, -0.15) is 0 Å². The molecule has 0 aliphatic rings. The number of rotatable bonds is 6. The van der Waals surface area contributed by atoms with Gasteiger partial charge in [0.15, 0.2) is 5.75 Å². The number of carbonyl (C=O) groups is 3. The van der Waals surface area contributed by atoms with Crippen LogP contribution in [0.2, 0.25) is 0 Å². The van der Waals surface area contributed by atoms with Crippen LogP contribution in [0.1, 0.15) is 31.8 Å². The number of ether oxygens (including phenoxy) is 1. The summed E-state index contributed by atoms with van der Waals surface area (Å²) in [5, 5.41) is 10.9. The Hall–Kier alpha value is -4.01. The number of hydrogen-bond donors (Lipinski definition) is 1. The van der Waals surface area contributed by atoms with Crippen molar-refractivity contribution < 1.29 is 28.6 Å². The molecular weight excluding hydrogens is 429 g/mol. The molecular formula is C24H24FN3O5. The molecule has 1 N–H and O–H groups in total. The highest BCUT2D eigenvalue weighted by molar-refractivity contribution is 6.12. The normalized spacial score (nSPS) is 10.7. The third-order valence-electron chi connectivity index (χ3n) is 5.18. The lowest BCUT2D eigenvalue weighted by atomic mass is 9.98. The smallest absolute Gasteiger partial charge is 0.341 e. The first-order valence-electron chi connectivity index (χ1n) is 10.0. The molecule has 1 aromatic heterocycles. The zero-order valence-electron chi connectivity index (χ0n) is 18.8.